The predicted molar refractivity (Wildman–Crippen MR) is 112 cm³/mol. The van der Waals surface area contributed by atoms with E-state index in [0.29, 0.717) is 37.4 Å². The van der Waals surface area contributed by atoms with Crippen molar-refractivity contribution in [3.63, 3.8) is 0 Å². The number of carbonyl (C=O) groups excluding carboxylic acids is 2. The van der Waals surface area contributed by atoms with Gasteiger partial charge in [-0.1, -0.05) is 43.7 Å². The van der Waals surface area contributed by atoms with Crippen LogP contribution in [0.1, 0.15) is 29.8 Å². The topological polar surface area (TPSA) is 52.7 Å². The summed E-state index contributed by atoms with van der Waals surface area (Å²) in [7, 11) is 0. The van der Waals surface area contributed by atoms with Crippen LogP contribution in [0, 0.1) is 18.7 Å². The van der Waals surface area contributed by atoms with Gasteiger partial charge in [-0.05, 0) is 37.1 Å². The number of halogens is 1. The van der Waals surface area contributed by atoms with Gasteiger partial charge in [-0.3, -0.25) is 9.59 Å². The second-order valence-electron chi connectivity index (χ2n) is 7.82. The van der Waals surface area contributed by atoms with Gasteiger partial charge < -0.3 is 15.1 Å². The normalized spacial score (nSPS) is 15.3. The lowest BCUT2D eigenvalue weighted by atomic mass is 10.0. The molecule has 2 amide bonds. The molecule has 2 aromatic rings. The molecule has 29 heavy (non-hydrogen) atoms. The van der Waals surface area contributed by atoms with Crippen molar-refractivity contribution in [1.82, 2.24) is 10.2 Å². The molecule has 0 saturated carbocycles. The first kappa shape index (κ1) is 20.8. The summed E-state index contributed by atoms with van der Waals surface area (Å²) in [6, 6.07) is 13.4. The van der Waals surface area contributed by atoms with Crippen LogP contribution in [-0.2, 0) is 4.79 Å². The van der Waals surface area contributed by atoms with Crippen molar-refractivity contribution in [3.8, 4) is 0 Å². The third kappa shape index (κ3) is 4.94. The van der Waals surface area contributed by atoms with Crippen LogP contribution in [-0.4, -0.2) is 48.9 Å². The second-order valence-corrected chi connectivity index (χ2v) is 7.82. The van der Waals surface area contributed by atoms with Crippen LogP contribution in [0.2, 0.25) is 0 Å². The Morgan fingerprint density at radius 2 is 1.59 bits per heavy atom. The summed E-state index contributed by atoms with van der Waals surface area (Å²) in [5.74, 6) is -0.630. The molecule has 1 heterocycles. The van der Waals surface area contributed by atoms with E-state index in [1.165, 1.54) is 6.07 Å². The van der Waals surface area contributed by atoms with Crippen molar-refractivity contribution in [2.75, 3.05) is 31.1 Å². The van der Waals surface area contributed by atoms with Crippen molar-refractivity contribution in [2.45, 2.75) is 26.8 Å². The Labute approximate surface area is 171 Å². The number of carbonyl (C=O) groups is 2. The van der Waals surface area contributed by atoms with Gasteiger partial charge in [-0.15, -0.1) is 0 Å². The zero-order chi connectivity index (χ0) is 21.0. The molecule has 0 aromatic heterocycles. The Bertz CT molecular complexity index is 859. The van der Waals surface area contributed by atoms with Crippen LogP contribution >= 0.6 is 0 Å². The third-order valence-corrected chi connectivity index (χ3v) is 5.32. The highest BCUT2D eigenvalue weighted by atomic mass is 19.1. The first-order valence-electron chi connectivity index (χ1n) is 10.0. The summed E-state index contributed by atoms with van der Waals surface area (Å²) in [5.41, 5.74) is 2.18. The quantitative estimate of drug-likeness (QED) is 0.843. The van der Waals surface area contributed by atoms with Crippen molar-refractivity contribution < 1.29 is 14.0 Å². The number of amides is 2. The van der Waals surface area contributed by atoms with Crippen LogP contribution < -0.4 is 10.2 Å². The fourth-order valence-electron chi connectivity index (χ4n) is 3.52. The molecule has 1 atom stereocenters. The van der Waals surface area contributed by atoms with Gasteiger partial charge in [-0.2, -0.15) is 0 Å². The van der Waals surface area contributed by atoms with Gasteiger partial charge >= 0.3 is 0 Å². The van der Waals surface area contributed by atoms with Gasteiger partial charge in [0, 0.05) is 31.7 Å². The monoisotopic (exact) mass is 397 g/mol. The summed E-state index contributed by atoms with van der Waals surface area (Å²) in [6.45, 7) is 7.92. The summed E-state index contributed by atoms with van der Waals surface area (Å²) in [4.78, 5) is 29.4. The molecule has 5 nitrogen and oxygen atoms in total. The number of hydrogen-bond donors (Lipinski definition) is 1. The van der Waals surface area contributed by atoms with Crippen molar-refractivity contribution in [2.24, 2.45) is 5.92 Å². The standard InChI is InChI=1S/C23H28FN3O2/c1-16(2)21(25-22(28)18-10-8-17(3)9-11-18)23(29)27-14-12-26(13-15-27)20-7-5-4-6-19(20)24/h4-11,16,21H,12-15H2,1-3H3,(H,25,28)/t21-/m1/s1. The number of anilines is 1. The molecular weight excluding hydrogens is 369 g/mol. The van der Waals surface area contributed by atoms with Gasteiger partial charge in [0.05, 0.1) is 5.69 Å². The Kier molecular flexibility index (Phi) is 6.52. The van der Waals surface area contributed by atoms with E-state index in [2.05, 4.69) is 5.32 Å². The Balaban J connectivity index is 1.63. The predicted octanol–water partition coefficient (Wildman–Crippen LogP) is 3.24. The molecule has 1 fully saturated rings. The fourth-order valence-corrected chi connectivity index (χ4v) is 3.52. The molecule has 1 saturated heterocycles. The van der Waals surface area contributed by atoms with E-state index >= 15 is 0 Å². The highest BCUT2D eigenvalue weighted by Gasteiger charge is 2.31. The van der Waals surface area contributed by atoms with Gasteiger partial charge in [0.15, 0.2) is 0 Å². The van der Waals surface area contributed by atoms with Crippen LogP contribution in [0.5, 0.6) is 0 Å². The molecule has 154 valence electrons. The molecule has 6 heteroatoms. The second kappa shape index (κ2) is 9.07. The van der Waals surface area contributed by atoms with E-state index in [0.717, 1.165) is 5.56 Å². The first-order chi connectivity index (χ1) is 13.9. The van der Waals surface area contributed by atoms with Crippen LogP contribution in [0.4, 0.5) is 10.1 Å². The van der Waals surface area contributed by atoms with E-state index in [-0.39, 0.29) is 23.5 Å². The van der Waals surface area contributed by atoms with Crippen molar-refractivity contribution in [3.05, 3.63) is 65.5 Å². The number of benzene rings is 2. The Morgan fingerprint density at radius 1 is 0.966 bits per heavy atom. The van der Waals surface area contributed by atoms with Gasteiger partial charge in [0.25, 0.3) is 5.91 Å². The summed E-state index contributed by atoms with van der Waals surface area (Å²) < 4.78 is 14.0. The van der Waals surface area contributed by atoms with E-state index in [1.54, 1.807) is 29.2 Å². The average molecular weight is 397 g/mol. The third-order valence-electron chi connectivity index (χ3n) is 5.32. The van der Waals surface area contributed by atoms with Crippen LogP contribution in [0.15, 0.2) is 48.5 Å². The van der Waals surface area contributed by atoms with Crippen molar-refractivity contribution >= 4 is 17.5 Å². The maximum atomic E-state index is 14.0. The van der Waals surface area contributed by atoms with E-state index in [9.17, 15) is 14.0 Å². The Hall–Kier alpha value is -2.89. The minimum absolute atomic E-state index is 0.0403. The minimum atomic E-state index is -0.594. The number of hydrogen-bond acceptors (Lipinski definition) is 3. The molecule has 0 spiro atoms. The fraction of sp³-hybridized carbons (Fsp3) is 0.391. The molecule has 0 aliphatic carbocycles. The largest absolute Gasteiger partial charge is 0.366 e. The number of aryl methyl sites for hydroxylation is 1. The number of rotatable bonds is 5. The minimum Gasteiger partial charge on any atom is -0.366 e. The van der Waals surface area contributed by atoms with Gasteiger partial charge in [0.1, 0.15) is 11.9 Å². The summed E-state index contributed by atoms with van der Waals surface area (Å²) >= 11 is 0. The number of para-hydroxylation sites is 1. The zero-order valence-corrected chi connectivity index (χ0v) is 17.2. The smallest absolute Gasteiger partial charge is 0.251 e. The molecule has 1 aliphatic heterocycles. The molecule has 2 aromatic carbocycles. The zero-order valence-electron chi connectivity index (χ0n) is 17.2. The first-order valence-corrected chi connectivity index (χ1v) is 10.0. The number of piperazine rings is 1. The van der Waals surface area contributed by atoms with E-state index < -0.39 is 6.04 Å². The van der Waals surface area contributed by atoms with Crippen LogP contribution in [0.3, 0.4) is 0 Å². The summed E-state index contributed by atoms with van der Waals surface area (Å²) in [6.07, 6.45) is 0. The molecular formula is C23H28FN3O2. The van der Waals surface area contributed by atoms with Crippen LogP contribution in [0.25, 0.3) is 0 Å². The average Bonchev–Trinajstić information content (AvgIpc) is 2.72. The number of nitrogens with one attached hydrogen (secondary N) is 1. The maximum absolute atomic E-state index is 14.0. The maximum Gasteiger partial charge on any atom is 0.251 e. The SMILES string of the molecule is Cc1ccc(C(=O)N[C@@H](C(=O)N2CCN(c3ccccc3F)CC2)C(C)C)cc1. The molecule has 0 radical (unpaired) electrons. The summed E-state index contributed by atoms with van der Waals surface area (Å²) in [5, 5.41) is 2.90. The lowest BCUT2D eigenvalue weighted by Gasteiger charge is -2.38. The lowest BCUT2D eigenvalue weighted by Crippen LogP contribution is -2.56. The highest BCUT2D eigenvalue weighted by Crippen LogP contribution is 2.21. The highest BCUT2D eigenvalue weighted by molar-refractivity contribution is 5.97. The Morgan fingerprint density at radius 3 is 2.17 bits per heavy atom. The molecule has 1 aliphatic rings. The van der Waals surface area contributed by atoms with Gasteiger partial charge in [0.2, 0.25) is 5.91 Å². The van der Waals surface area contributed by atoms with E-state index in [4.69, 9.17) is 0 Å². The van der Waals surface area contributed by atoms with Crippen molar-refractivity contribution in [1.29, 1.82) is 0 Å². The molecule has 1 N–H and O–H groups in total. The molecule has 0 bridgehead atoms. The molecule has 3 rings (SSSR count). The van der Waals surface area contributed by atoms with E-state index in [1.807, 2.05) is 43.9 Å². The van der Waals surface area contributed by atoms with Gasteiger partial charge in [-0.25, -0.2) is 4.39 Å². The lowest BCUT2D eigenvalue weighted by molar-refractivity contribution is -0.134. The molecule has 0 unspecified atom stereocenters. The number of nitrogens with zero attached hydrogens (tertiary/aromatic N) is 2.